The normalized spacial score (nSPS) is 11.1. The smallest absolute Gasteiger partial charge is 0.331 e. The van der Waals surface area contributed by atoms with Crippen LogP contribution in [-0.2, 0) is 4.79 Å². The van der Waals surface area contributed by atoms with Crippen molar-refractivity contribution in [3.05, 3.63) is 23.8 Å². The van der Waals surface area contributed by atoms with E-state index in [9.17, 15) is 4.79 Å². The standard InChI is InChI=1S/C7H10O2/c1-5(2)4-6(3)7(8)9/h4H,1H2,2-3H3,(H,8,9). The summed E-state index contributed by atoms with van der Waals surface area (Å²) in [6.07, 6.45) is 1.53. The van der Waals surface area contributed by atoms with Crippen molar-refractivity contribution in [2.45, 2.75) is 13.8 Å². The lowest BCUT2D eigenvalue weighted by Crippen LogP contribution is -1.95. The first kappa shape index (κ1) is 7.95. The van der Waals surface area contributed by atoms with Gasteiger partial charge in [-0.1, -0.05) is 12.2 Å². The molecule has 0 aromatic rings. The van der Waals surface area contributed by atoms with Crippen molar-refractivity contribution in [3.63, 3.8) is 0 Å². The molecular weight excluding hydrogens is 116 g/mol. The van der Waals surface area contributed by atoms with Crippen molar-refractivity contribution in [1.82, 2.24) is 0 Å². The zero-order chi connectivity index (χ0) is 7.44. The largest absolute Gasteiger partial charge is 0.478 e. The molecule has 0 radical (unpaired) electrons. The van der Waals surface area contributed by atoms with Crippen LogP contribution in [0.25, 0.3) is 0 Å². The van der Waals surface area contributed by atoms with Crippen molar-refractivity contribution in [2.75, 3.05) is 0 Å². The highest BCUT2D eigenvalue weighted by Crippen LogP contribution is 1.97. The molecule has 0 aliphatic carbocycles. The molecule has 0 aromatic heterocycles. The zero-order valence-corrected chi connectivity index (χ0v) is 5.64. The molecule has 2 nitrogen and oxygen atoms in total. The van der Waals surface area contributed by atoms with E-state index in [1.165, 1.54) is 13.0 Å². The maximum Gasteiger partial charge on any atom is 0.331 e. The molecule has 0 aliphatic heterocycles. The average Bonchev–Trinajstić information content (AvgIpc) is 1.63. The number of rotatable bonds is 2. The summed E-state index contributed by atoms with van der Waals surface area (Å²) in [6.45, 7) is 6.83. The van der Waals surface area contributed by atoms with Gasteiger partial charge in [0, 0.05) is 5.57 Å². The summed E-state index contributed by atoms with van der Waals surface area (Å²) in [7, 11) is 0. The number of hydrogen-bond acceptors (Lipinski definition) is 1. The first-order chi connectivity index (χ1) is 4.04. The van der Waals surface area contributed by atoms with Crippen LogP contribution in [0.1, 0.15) is 13.8 Å². The molecule has 0 atom stereocenters. The molecule has 0 saturated carbocycles. The number of carboxylic acid groups (broad SMARTS) is 1. The van der Waals surface area contributed by atoms with Crippen LogP contribution in [0.2, 0.25) is 0 Å². The Morgan fingerprint density at radius 1 is 1.56 bits per heavy atom. The molecule has 0 aromatic carbocycles. The lowest BCUT2D eigenvalue weighted by molar-refractivity contribution is -0.132. The van der Waals surface area contributed by atoms with Crippen molar-refractivity contribution in [1.29, 1.82) is 0 Å². The third-order valence-corrected chi connectivity index (χ3v) is 0.800. The Balaban J connectivity index is 4.17. The summed E-state index contributed by atoms with van der Waals surface area (Å²) in [5.41, 5.74) is 1.08. The van der Waals surface area contributed by atoms with Gasteiger partial charge < -0.3 is 5.11 Å². The van der Waals surface area contributed by atoms with E-state index < -0.39 is 5.97 Å². The van der Waals surface area contributed by atoms with Crippen LogP contribution >= 0.6 is 0 Å². The number of hydrogen-bond donors (Lipinski definition) is 1. The maximum atomic E-state index is 10.1. The number of carbonyl (C=O) groups is 1. The molecule has 1 N–H and O–H groups in total. The minimum atomic E-state index is -0.891. The summed E-state index contributed by atoms with van der Waals surface area (Å²) in [4.78, 5) is 10.1. The van der Waals surface area contributed by atoms with Gasteiger partial charge in [-0.05, 0) is 19.9 Å². The number of allylic oxidation sites excluding steroid dienone is 2. The van der Waals surface area contributed by atoms with Gasteiger partial charge in [0.15, 0.2) is 0 Å². The molecule has 0 bridgehead atoms. The molecule has 0 heterocycles. The third-order valence-electron chi connectivity index (χ3n) is 0.800. The van der Waals surface area contributed by atoms with E-state index in [4.69, 9.17) is 5.11 Å². The minimum absolute atomic E-state index is 0.322. The Kier molecular flexibility index (Phi) is 2.71. The van der Waals surface area contributed by atoms with E-state index in [1.54, 1.807) is 6.92 Å². The molecule has 2 heteroatoms. The van der Waals surface area contributed by atoms with Gasteiger partial charge in [0.1, 0.15) is 0 Å². The lowest BCUT2D eigenvalue weighted by atomic mass is 10.2. The van der Waals surface area contributed by atoms with E-state index >= 15 is 0 Å². The zero-order valence-electron chi connectivity index (χ0n) is 5.64. The highest BCUT2D eigenvalue weighted by atomic mass is 16.4. The molecule has 0 rings (SSSR count). The van der Waals surface area contributed by atoms with Gasteiger partial charge in [-0.3, -0.25) is 0 Å². The second-order valence-corrected chi connectivity index (χ2v) is 1.98. The maximum absolute atomic E-state index is 10.1. The average molecular weight is 126 g/mol. The molecule has 0 aliphatic rings. The highest BCUT2D eigenvalue weighted by Gasteiger charge is 1.96. The van der Waals surface area contributed by atoms with Gasteiger partial charge in [0.25, 0.3) is 0 Å². The van der Waals surface area contributed by atoms with Crippen molar-refractivity contribution in [2.24, 2.45) is 0 Å². The molecule has 0 unspecified atom stereocenters. The number of carboxylic acids is 1. The summed E-state index contributed by atoms with van der Waals surface area (Å²) in [6, 6.07) is 0. The first-order valence-corrected chi connectivity index (χ1v) is 2.61. The summed E-state index contributed by atoms with van der Waals surface area (Å²) >= 11 is 0. The number of aliphatic carboxylic acids is 1. The lowest BCUT2D eigenvalue weighted by Gasteiger charge is -1.90. The molecule has 9 heavy (non-hydrogen) atoms. The molecular formula is C7H10O2. The third kappa shape index (κ3) is 3.53. The van der Waals surface area contributed by atoms with Crippen LogP contribution in [0.5, 0.6) is 0 Å². The fourth-order valence-electron chi connectivity index (χ4n) is 0.431. The van der Waals surface area contributed by atoms with Crippen molar-refractivity contribution >= 4 is 5.97 Å². The molecule has 0 saturated heterocycles. The predicted molar refractivity (Wildman–Crippen MR) is 36.2 cm³/mol. The van der Waals surface area contributed by atoms with Crippen molar-refractivity contribution in [3.8, 4) is 0 Å². The van der Waals surface area contributed by atoms with Crippen LogP contribution in [0.4, 0.5) is 0 Å². The second-order valence-electron chi connectivity index (χ2n) is 1.98. The topological polar surface area (TPSA) is 37.3 Å². The van der Waals surface area contributed by atoms with Crippen LogP contribution < -0.4 is 0 Å². The Bertz CT molecular complexity index is 166. The van der Waals surface area contributed by atoms with Gasteiger partial charge in [-0.2, -0.15) is 0 Å². The fourth-order valence-corrected chi connectivity index (χ4v) is 0.431. The Hall–Kier alpha value is -1.05. The monoisotopic (exact) mass is 126 g/mol. The molecule has 0 amide bonds. The van der Waals surface area contributed by atoms with Gasteiger partial charge in [0.05, 0.1) is 0 Å². The van der Waals surface area contributed by atoms with Gasteiger partial charge in [-0.15, -0.1) is 0 Å². The summed E-state index contributed by atoms with van der Waals surface area (Å²) in [5, 5.41) is 8.32. The van der Waals surface area contributed by atoms with Crippen molar-refractivity contribution < 1.29 is 9.90 Å². The molecule has 50 valence electrons. The summed E-state index contributed by atoms with van der Waals surface area (Å²) in [5.74, 6) is -0.891. The van der Waals surface area contributed by atoms with Crippen LogP contribution in [-0.4, -0.2) is 11.1 Å². The van der Waals surface area contributed by atoms with Crippen LogP contribution in [0, 0.1) is 0 Å². The van der Waals surface area contributed by atoms with Gasteiger partial charge >= 0.3 is 5.97 Å². The van der Waals surface area contributed by atoms with E-state index in [2.05, 4.69) is 6.58 Å². The van der Waals surface area contributed by atoms with E-state index in [0.717, 1.165) is 5.57 Å². The van der Waals surface area contributed by atoms with E-state index in [-0.39, 0.29) is 0 Å². The van der Waals surface area contributed by atoms with Crippen LogP contribution in [0.3, 0.4) is 0 Å². The van der Waals surface area contributed by atoms with Crippen LogP contribution in [0.15, 0.2) is 23.8 Å². The Labute approximate surface area is 54.5 Å². The SMILES string of the molecule is C=C(C)C=C(C)C(=O)O. The van der Waals surface area contributed by atoms with Gasteiger partial charge in [-0.25, -0.2) is 4.79 Å². The Morgan fingerprint density at radius 3 is 2.11 bits per heavy atom. The van der Waals surface area contributed by atoms with Gasteiger partial charge in [0.2, 0.25) is 0 Å². The van der Waals surface area contributed by atoms with E-state index in [1.807, 2.05) is 0 Å². The fraction of sp³-hybridized carbons (Fsp3) is 0.286. The quantitative estimate of drug-likeness (QED) is 0.450. The second kappa shape index (κ2) is 3.07. The molecule has 0 fully saturated rings. The predicted octanol–water partition coefficient (Wildman–Crippen LogP) is 1.59. The minimum Gasteiger partial charge on any atom is -0.478 e. The first-order valence-electron chi connectivity index (χ1n) is 2.61. The van der Waals surface area contributed by atoms with E-state index in [0.29, 0.717) is 5.57 Å². The Morgan fingerprint density at radius 2 is 2.00 bits per heavy atom. The summed E-state index contributed by atoms with van der Waals surface area (Å²) < 4.78 is 0. The molecule has 0 spiro atoms. The highest BCUT2D eigenvalue weighted by molar-refractivity contribution is 5.86.